The zero-order valence-electron chi connectivity index (χ0n) is 12.0. The third-order valence-corrected chi connectivity index (χ3v) is 3.84. The summed E-state index contributed by atoms with van der Waals surface area (Å²) in [7, 11) is 0. The number of halogens is 2. The Kier molecular flexibility index (Phi) is 6.30. The molecule has 5 nitrogen and oxygen atoms in total. The van der Waals surface area contributed by atoms with Gasteiger partial charge in [0, 0.05) is 16.1 Å². The number of hydrogen-bond donors (Lipinski definition) is 3. The SMILES string of the molecule is CC(NC(=O)NC(C)C(C)C(=O)O)c1ccc(Cl)cc1Cl. The summed E-state index contributed by atoms with van der Waals surface area (Å²) in [6.45, 7) is 4.95. The van der Waals surface area contributed by atoms with Gasteiger partial charge >= 0.3 is 12.0 Å². The molecule has 0 saturated heterocycles. The topological polar surface area (TPSA) is 78.4 Å². The first kappa shape index (κ1) is 17.6. The van der Waals surface area contributed by atoms with Crippen molar-refractivity contribution < 1.29 is 14.7 Å². The minimum absolute atomic E-state index is 0.331. The molecular formula is C14H18Cl2N2O3. The molecule has 0 heterocycles. The molecule has 2 amide bonds. The minimum Gasteiger partial charge on any atom is -0.481 e. The molecular weight excluding hydrogens is 315 g/mol. The lowest BCUT2D eigenvalue weighted by Gasteiger charge is -2.21. The molecule has 0 radical (unpaired) electrons. The molecule has 0 saturated carbocycles. The van der Waals surface area contributed by atoms with Crippen molar-refractivity contribution in [1.82, 2.24) is 10.6 Å². The van der Waals surface area contributed by atoms with E-state index in [9.17, 15) is 9.59 Å². The second-order valence-corrected chi connectivity index (χ2v) is 5.76. The number of carboxylic acid groups (broad SMARTS) is 1. The van der Waals surface area contributed by atoms with Crippen molar-refractivity contribution in [3.63, 3.8) is 0 Å². The Morgan fingerprint density at radius 2 is 1.76 bits per heavy atom. The van der Waals surface area contributed by atoms with Gasteiger partial charge in [-0.2, -0.15) is 0 Å². The molecule has 3 atom stereocenters. The summed E-state index contributed by atoms with van der Waals surface area (Å²) >= 11 is 11.9. The van der Waals surface area contributed by atoms with E-state index in [1.165, 1.54) is 6.92 Å². The number of benzene rings is 1. The van der Waals surface area contributed by atoms with Crippen molar-refractivity contribution in [3.05, 3.63) is 33.8 Å². The van der Waals surface area contributed by atoms with Crippen LogP contribution in [-0.2, 0) is 4.79 Å². The number of hydrogen-bond acceptors (Lipinski definition) is 2. The van der Waals surface area contributed by atoms with Crippen LogP contribution < -0.4 is 10.6 Å². The highest BCUT2D eigenvalue weighted by molar-refractivity contribution is 6.35. The lowest BCUT2D eigenvalue weighted by Crippen LogP contribution is -2.45. The number of amides is 2. The zero-order valence-corrected chi connectivity index (χ0v) is 13.5. The van der Waals surface area contributed by atoms with Gasteiger partial charge < -0.3 is 15.7 Å². The van der Waals surface area contributed by atoms with Crippen LogP contribution in [-0.4, -0.2) is 23.1 Å². The van der Waals surface area contributed by atoms with E-state index in [1.54, 1.807) is 32.0 Å². The normalized spacial score (nSPS) is 14.9. The van der Waals surface area contributed by atoms with E-state index in [4.69, 9.17) is 28.3 Å². The maximum atomic E-state index is 11.9. The van der Waals surface area contributed by atoms with Crippen LogP contribution in [0.4, 0.5) is 4.79 Å². The molecule has 0 aliphatic rings. The van der Waals surface area contributed by atoms with E-state index < -0.39 is 24.0 Å². The molecule has 21 heavy (non-hydrogen) atoms. The summed E-state index contributed by atoms with van der Waals surface area (Å²) in [6.07, 6.45) is 0. The first-order valence-corrected chi connectivity index (χ1v) is 7.22. The van der Waals surface area contributed by atoms with Gasteiger partial charge in [-0.15, -0.1) is 0 Å². The number of carbonyl (C=O) groups excluding carboxylic acids is 1. The smallest absolute Gasteiger partial charge is 0.315 e. The van der Waals surface area contributed by atoms with Gasteiger partial charge in [-0.05, 0) is 38.5 Å². The van der Waals surface area contributed by atoms with Gasteiger partial charge in [0.25, 0.3) is 0 Å². The predicted octanol–water partition coefficient (Wildman–Crippen LogP) is 3.46. The number of carboxylic acids is 1. The van der Waals surface area contributed by atoms with E-state index in [0.29, 0.717) is 10.0 Å². The van der Waals surface area contributed by atoms with E-state index in [1.807, 2.05) is 0 Å². The van der Waals surface area contributed by atoms with E-state index in [-0.39, 0.29) is 6.04 Å². The number of carbonyl (C=O) groups is 2. The zero-order chi connectivity index (χ0) is 16.2. The largest absolute Gasteiger partial charge is 0.481 e. The Balaban J connectivity index is 2.64. The van der Waals surface area contributed by atoms with Crippen molar-refractivity contribution in [2.24, 2.45) is 5.92 Å². The average Bonchev–Trinajstić information content (AvgIpc) is 2.36. The van der Waals surface area contributed by atoms with Crippen LogP contribution in [0.15, 0.2) is 18.2 Å². The monoisotopic (exact) mass is 332 g/mol. The molecule has 3 N–H and O–H groups in total. The second kappa shape index (κ2) is 7.52. The van der Waals surface area contributed by atoms with Gasteiger partial charge in [-0.25, -0.2) is 4.79 Å². The lowest BCUT2D eigenvalue weighted by molar-refractivity contribution is -0.141. The van der Waals surface area contributed by atoms with Gasteiger partial charge in [0.2, 0.25) is 0 Å². The van der Waals surface area contributed by atoms with Gasteiger partial charge in [0.1, 0.15) is 0 Å². The van der Waals surface area contributed by atoms with Crippen LogP contribution in [0.2, 0.25) is 10.0 Å². The van der Waals surface area contributed by atoms with E-state index >= 15 is 0 Å². The van der Waals surface area contributed by atoms with Crippen LogP contribution in [0.5, 0.6) is 0 Å². The van der Waals surface area contributed by atoms with Crippen LogP contribution in [0.25, 0.3) is 0 Å². The maximum Gasteiger partial charge on any atom is 0.315 e. The third kappa shape index (κ3) is 5.10. The van der Waals surface area contributed by atoms with Crippen LogP contribution >= 0.6 is 23.2 Å². The molecule has 0 aliphatic carbocycles. The Morgan fingerprint density at radius 1 is 1.14 bits per heavy atom. The Morgan fingerprint density at radius 3 is 2.29 bits per heavy atom. The lowest BCUT2D eigenvalue weighted by atomic mass is 10.0. The number of rotatable bonds is 5. The summed E-state index contributed by atoms with van der Waals surface area (Å²) in [6, 6.07) is 3.75. The van der Waals surface area contributed by atoms with E-state index in [2.05, 4.69) is 10.6 Å². The first-order valence-electron chi connectivity index (χ1n) is 6.47. The molecule has 1 aromatic rings. The molecule has 0 fully saturated rings. The first-order chi connectivity index (χ1) is 9.72. The van der Waals surface area contributed by atoms with Crippen LogP contribution in [0, 0.1) is 5.92 Å². The standard InChI is InChI=1S/C14H18Cl2N2O3/c1-7(13(19)20)8(2)17-14(21)18-9(3)11-5-4-10(15)6-12(11)16/h4-9H,1-3H3,(H,19,20)(H2,17,18,21). The maximum absolute atomic E-state index is 11.9. The molecule has 116 valence electrons. The van der Waals surface area contributed by atoms with Crippen molar-refractivity contribution >= 4 is 35.2 Å². The average molecular weight is 333 g/mol. The Hall–Kier alpha value is -1.46. The molecule has 0 spiro atoms. The molecule has 1 aromatic carbocycles. The summed E-state index contributed by atoms with van der Waals surface area (Å²) in [5, 5.41) is 15.2. The Labute approximate surface area is 133 Å². The number of nitrogens with one attached hydrogen (secondary N) is 2. The van der Waals surface area contributed by atoms with Crippen molar-refractivity contribution in [3.8, 4) is 0 Å². The minimum atomic E-state index is -0.961. The highest BCUT2D eigenvalue weighted by atomic mass is 35.5. The molecule has 3 unspecified atom stereocenters. The number of aliphatic carboxylic acids is 1. The van der Waals surface area contributed by atoms with Crippen LogP contribution in [0.3, 0.4) is 0 Å². The fourth-order valence-corrected chi connectivity index (χ4v) is 2.29. The molecule has 1 rings (SSSR count). The van der Waals surface area contributed by atoms with Gasteiger partial charge in [-0.1, -0.05) is 29.3 Å². The highest BCUT2D eigenvalue weighted by Crippen LogP contribution is 2.25. The van der Waals surface area contributed by atoms with Crippen LogP contribution in [0.1, 0.15) is 32.4 Å². The van der Waals surface area contributed by atoms with E-state index in [0.717, 1.165) is 5.56 Å². The quantitative estimate of drug-likeness (QED) is 0.772. The molecule has 7 heteroatoms. The van der Waals surface area contributed by atoms with Crippen molar-refractivity contribution in [1.29, 1.82) is 0 Å². The summed E-state index contributed by atoms with van der Waals surface area (Å²) < 4.78 is 0. The van der Waals surface area contributed by atoms with Crippen molar-refractivity contribution in [2.45, 2.75) is 32.9 Å². The second-order valence-electron chi connectivity index (χ2n) is 4.92. The summed E-state index contributed by atoms with van der Waals surface area (Å²) in [4.78, 5) is 22.7. The molecule has 0 aromatic heterocycles. The van der Waals surface area contributed by atoms with Gasteiger partial charge in [0.05, 0.1) is 12.0 Å². The third-order valence-electron chi connectivity index (χ3n) is 3.27. The Bertz CT molecular complexity index is 537. The van der Waals surface area contributed by atoms with Crippen molar-refractivity contribution in [2.75, 3.05) is 0 Å². The summed E-state index contributed by atoms with van der Waals surface area (Å²) in [5.74, 6) is -1.64. The fourth-order valence-electron chi connectivity index (χ4n) is 1.71. The fraction of sp³-hybridized carbons (Fsp3) is 0.429. The summed E-state index contributed by atoms with van der Waals surface area (Å²) in [5.41, 5.74) is 0.732. The highest BCUT2D eigenvalue weighted by Gasteiger charge is 2.22. The predicted molar refractivity (Wildman–Crippen MR) is 82.8 cm³/mol. The number of urea groups is 1. The molecule has 0 aliphatic heterocycles. The van der Waals surface area contributed by atoms with Gasteiger partial charge in [-0.3, -0.25) is 4.79 Å². The van der Waals surface area contributed by atoms with Gasteiger partial charge in [0.15, 0.2) is 0 Å². The molecule has 0 bridgehead atoms.